The number of morpholine rings is 1. The van der Waals surface area contributed by atoms with Gasteiger partial charge in [0, 0.05) is 12.2 Å². The Kier molecular flexibility index (Phi) is 6.52. The number of amides is 3. The molecule has 37 heavy (non-hydrogen) atoms. The number of nitrogens with zero attached hydrogens (tertiary/aromatic N) is 2. The Balaban J connectivity index is 1.46. The molecule has 3 unspecified atom stereocenters. The van der Waals surface area contributed by atoms with Crippen LogP contribution in [0.1, 0.15) is 5.56 Å². The minimum atomic E-state index is -5.03. The highest BCUT2D eigenvalue weighted by molar-refractivity contribution is 7.22. The zero-order valence-corrected chi connectivity index (χ0v) is 19.8. The quantitative estimate of drug-likeness (QED) is 0.379. The van der Waals surface area contributed by atoms with E-state index in [1.165, 1.54) is 36.4 Å². The van der Waals surface area contributed by atoms with Crippen LogP contribution in [0.25, 0.3) is 10.2 Å². The van der Waals surface area contributed by atoms with Crippen LogP contribution in [-0.4, -0.2) is 71.6 Å². The molecule has 0 spiro atoms. The summed E-state index contributed by atoms with van der Waals surface area (Å²) < 4.78 is 62.7. The Morgan fingerprint density at radius 3 is 2.70 bits per heavy atom. The number of hydrogen-bond donors (Lipinski definition) is 4. The number of aromatic nitrogens is 1. The van der Waals surface area contributed by atoms with Gasteiger partial charge in [0.15, 0.2) is 5.13 Å². The maximum Gasteiger partial charge on any atom is 0.419 e. The number of urea groups is 1. The van der Waals surface area contributed by atoms with Gasteiger partial charge in [-0.2, -0.15) is 13.2 Å². The van der Waals surface area contributed by atoms with Gasteiger partial charge < -0.3 is 20.1 Å². The number of alkyl halides is 3. The van der Waals surface area contributed by atoms with Gasteiger partial charge in [0.1, 0.15) is 5.82 Å². The molecule has 2 saturated heterocycles. The highest BCUT2D eigenvalue weighted by atomic mass is 32.1. The highest BCUT2D eigenvalue weighted by Crippen LogP contribution is 2.45. The van der Waals surface area contributed by atoms with E-state index in [1.807, 2.05) is 0 Å². The number of piperazine rings is 1. The van der Waals surface area contributed by atoms with E-state index in [2.05, 4.69) is 20.9 Å². The van der Waals surface area contributed by atoms with Crippen LogP contribution in [0.2, 0.25) is 0 Å². The lowest BCUT2D eigenvalue weighted by Crippen LogP contribution is -2.77. The number of aliphatic hydroxyl groups is 1. The van der Waals surface area contributed by atoms with Crippen molar-refractivity contribution in [3.8, 4) is 0 Å². The summed E-state index contributed by atoms with van der Waals surface area (Å²) >= 11 is 0.924. The Bertz CT molecular complexity index is 1330. The van der Waals surface area contributed by atoms with Crippen molar-refractivity contribution in [2.45, 2.75) is 23.8 Å². The van der Waals surface area contributed by atoms with Crippen LogP contribution in [0.3, 0.4) is 0 Å². The number of rotatable bonds is 4. The van der Waals surface area contributed by atoms with E-state index in [9.17, 15) is 32.3 Å². The summed E-state index contributed by atoms with van der Waals surface area (Å²) in [7, 11) is 0. The van der Waals surface area contributed by atoms with Gasteiger partial charge in [-0.3, -0.25) is 15.4 Å². The molecule has 2 aliphatic heterocycles. The van der Waals surface area contributed by atoms with Gasteiger partial charge in [0.2, 0.25) is 5.54 Å². The molecule has 3 heterocycles. The summed E-state index contributed by atoms with van der Waals surface area (Å²) in [6, 6.07) is 6.32. The average molecular weight is 540 g/mol. The molecular formula is C23H21F4N5O4S. The van der Waals surface area contributed by atoms with Crippen LogP contribution in [0.4, 0.5) is 33.2 Å². The van der Waals surface area contributed by atoms with Crippen LogP contribution in [0.5, 0.6) is 0 Å². The number of anilines is 2. The van der Waals surface area contributed by atoms with E-state index < -0.39 is 48.2 Å². The third-order valence-electron chi connectivity index (χ3n) is 6.38. The summed E-state index contributed by atoms with van der Waals surface area (Å²) in [5.41, 5.74) is -2.79. The van der Waals surface area contributed by atoms with Crippen molar-refractivity contribution in [3.05, 3.63) is 53.8 Å². The molecule has 3 atom stereocenters. The Morgan fingerprint density at radius 2 is 2.00 bits per heavy atom. The van der Waals surface area contributed by atoms with E-state index in [1.54, 1.807) is 0 Å². The van der Waals surface area contributed by atoms with Gasteiger partial charge in [-0.05, 0) is 42.0 Å². The highest BCUT2D eigenvalue weighted by Gasteiger charge is 2.67. The first-order chi connectivity index (χ1) is 17.6. The normalized spacial score (nSPS) is 24.1. The predicted octanol–water partition coefficient (Wildman–Crippen LogP) is 3.03. The van der Waals surface area contributed by atoms with Crippen molar-refractivity contribution in [2.75, 3.05) is 37.0 Å². The Hall–Kier alpha value is -3.33. The number of halogens is 4. The van der Waals surface area contributed by atoms with Gasteiger partial charge in [-0.1, -0.05) is 17.4 Å². The lowest BCUT2D eigenvalue weighted by molar-refractivity contribution is -0.227. The average Bonchev–Trinajstić information content (AvgIpc) is 3.26. The molecule has 2 aromatic carbocycles. The topological polar surface area (TPSA) is 116 Å². The van der Waals surface area contributed by atoms with Gasteiger partial charge in [-0.15, -0.1) is 0 Å². The number of aliphatic hydroxyl groups excluding tert-OH is 1. The smallest absolute Gasteiger partial charge is 0.395 e. The molecule has 0 bridgehead atoms. The molecule has 196 valence electrons. The van der Waals surface area contributed by atoms with E-state index in [0.717, 1.165) is 22.3 Å². The zero-order chi connectivity index (χ0) is 26.4. The predicted molar refractivity (Wildman–Crippen MR) is 127 cm³/mol. The summed E-state index contributed by atoms with van der Waals surface area (Å²) in [6.07, 6.45) is -5.03. The first kappa shape index (κ1) is 25.3. The summed E-state index contributed by atoms with van der Waals surface area (Å²) in [4.78, 5) is 31.0. The zero-order valence-electron chi connectivity index (χ0n) is 19.0. The monoisotopic (exact) mass is 539 g/mol. The SMILES string of the molecule is O=C(Nc1ccc(F)cc1)Nc1nc2ccc(C3(C(F)(F)F)NC(CO)C4COCCN4C3=O)cc2s1. The first-order valence-corrected chi connectivity index (χ1v) is 12.0. The lowest BCUT2D eigenvalue weighted by atomic mass is 9.82. The molecule has 1 aromatic heterocycles. The minimum Gasteiger partial charge on any atom is -0.395 e. The second-order valence-electron chi connectivity index (χ2n) is 8.61. The fraction of sp³-hybridized carbons (Fsp3) is 0.348. The van der Waals surface area contributed by atoms with Crippen molar-refractivity contribution in [2.24, 2.45) is 0 Å². The van der Waals surface area contributed by atoms with Crippen molar-refractivity contribution >= 4 is 44.3 Å². The number of carbonyl (C=O) groups excluding carboxylic acids is 2. The van der Waals surface area contributed by atoms with Gasteiger partial charge in [0.25, 0.3) is 5.91 Å². The van der Waals surface area contributed by atoms with Crippen LogP contribution in [0, 0.1) is 5.82 Å². The molecule has 4 N–H and O–H groups in total. The lowest BCUT2D eigenvalue weighted by Gasteiger charge is -2.52. The second kappa shape index (κ2) is 9.52. The fourth-order valence-corrected chi connectivity index (χ4v) is 5.50. The Morgan fingerprint density at radius 1 is 1.24 bits per heavy atom. The molecule has 5 rings (SSSR count). The van der Waals surface area contributed by atoms with Crippen LogP contribution >= 0.6 is 11.3 Å². The molecule has 9 nitrogen and oxygen atoms in total. The van der Waals surface area contributed by atoms with Crippen LogP contribution in [-0.2, 0) is 15.1 Å². The maximum absolute atomic E-state index is 14.7. The van der Waals surface area contributed by atoms with Crippen molar-refractivity contribution in [1.82, 2.24) is 15.2 Å². The third kappa shape index (κ3) is 4.50. The van der Waals surface area contributed by atoms with Crippen molar-refractivity contribution in [3.63, 3.8) is 0 Å². The number of thiazole rings is 1. The van der Waals surface area contributed by atoms with Gasteiger partial charge in [-0.25, -0.2) is 14.2 Å². The molecule has 0 aliphatic carbocycles. The number of ether oxygens (including phenoxy) is 1. The van der Waals surface area contributed by atoms with E-state index >= 15 is 0 Å². The summed E-state index contributed by atoms with van der Waals surface area (Å²) in [5, 5.41) is 17.3. The first-order valence-electron chi connectivity index (χ1n) is 11.2. The molecule has 14 heteroatoms. The second-order valence-corrected chi connectivity index (χ2v) is 9.64. The number of nitrogens with one attached hydrogen (secondary N) is 3. The van der Waals surface area contributed by atoms with Crippen molar-refractivity contribution < 1.29 is 37.0 Å². The van der Waals surface area contributed by atoms with Gasteiger partial charge in [0.05, 0.1) is 42.1 Å². The molecule has 3 amide bonds. The molecule has 0 saturated carbocycles. The summed E-state index contributed by atoms with van der Waals surface area (Å²) in [5.74, 6) is -1.64. The molecular weight excluding hydrogens is 518 g/mol. The van der Waals surface area contributed by atoms with Crippen LogP contribution in [0.15, 0.2) is 42.5 Å². The fourth-order valence-electron chi connectivity index (χ4n) is 4.60. The van der Waals surface area contributed by atoms with E-state index in [-0.39, 0.29) is 30.5 Å². The number of benzene rings is 2. The standard InChI is InChI=1S/C23H21F4N5O4S/c24-13-2-4-14(5-3-13)28-20(35)30-21-29-15-6-1-12(9-18(15)37-21)22(23(25,26)27)19(34)32-7-8-36-11-17(32)16(10-33)31-22/h1-6,9,16-17,31,33H,7-8,10-11H2,(H2,28,29,30,35). The van der Waals surface area contributed by atoms with Crippen molar-refractivity contribution in [1.29, 1.82) is 0 Å². The molecule has 3 aromatic rings. The molecule has 2 aliphatic rings. The minimum absolute atomic E-state index is 0.0147. The molecule has 0 radical (unpaired) electrons. The number of hydrogen-bond acceptors (Lipinski definition) is 7. The molecule has 2 fully saturated rings. The Labute approximate surface area is 211 Å². The number of carbonyl (C=O) groups is 2. The third-order valence-corrected chi connectivity index (χ3v) is 7.31. The van der Waals surface area contributed by atoms with E-state index in [0.29, 0.717) is 15.9 Å². The van der Waals surface area contributed by atoms with E-state index in [4.69, 9.17) is 4.74 Å². The summed E-state index contributed by atoms with van der Waals surface area (Å²) in [6.45, 7) is -0.548. The maximum atomic E-state index is 14.7. The number of fused-ring (bicyclic) bond motifs is 2. The largest absolute Gasteiger partial charge is 0.419 e. The van der Waals surface area contributed by atoms with Gasteiger partial charge >= 0.3 is 12.2 Å². The van der Waals surface area contributed by atoms with Crippen LogP contribution < -0.4 is 16.0 Å².